The standard InChI is InChI=1S/C27H29ClN2O6/c1-4-35-20-6-5-17(14-22(20)33-3)24-23-25(31)18-15-19(28)16(2)13-21(18)36-26(23)27(32)30(24)8-7-29-9-11-34-12-10-29/h5-6,13-15,24H,4,7-12H2,1-3H3. The molecule has 190 valence electrons. The molecule has 2 aliphatic heterocycles. The monoisotopic (exact) mass is 512 g/mol. The quantitative estimate of drug-likeness (QED) is 0.472. The van der Waals surface area contributed by atoms with E-state index in [1.165, 1.54) is 0 Å². The Morgan fingerprint density at radius 3 is 2.58 bits per heavy atom. The number of carbonyl (C=O) groups is 1. The molecule has 3 aromatic rings. The second kappa shape index (κ2) is 10.1. The summed E-state index contributed by atoms with van der Waals surface area (Å²) < 4.78 is 22.8. The Kier molecular flexibility index (Phi) is 6.92. The van der Waals surface area contributed by atoms with Gasteiger partial charge >= 0.3 is 0 Å². The van der Waals surface area contributed by atoms with Crippen molar-refractivity contribution in [3.05, 3.63) is 68.0 Å². The third kappa shape index (κ3) is 4.34. The van der Waals surface area contributed by atoms with Gasteiger partial charge in [-0.15, -0.1) is 0 Å². The number of morpholine rings is 1. The number of ether oxygens (including phenoxy) is 3. The number of hydrogen-bond acceptors (Lipinski definition) is 7. The molecule has 9 heteroatoms. The SMILES string of the molecule is CCOc1ccc(C2c3c(oc4cc(C)c(Cl)cc4c3=O)C(=O)N2CCN2CCOCC2)cc1OC. The summed E-state index contributed by atoms with van der Waals surface area (Å²) in [5, 5.41) is 0.831. The zero-order valence-corrected chi connectivity index (χ0v) is 21.4. The number of carbonyl (C=O) groups excluding carboxylic acids is 1. The van der Waals surface area contributed by atoms with Crippen molar-refractivity contribution in [3.63, 3.8) is 0 Å². The lowest BCUT2D eigenvalue weighted by Crippen LogP contribution is -2.42. The minimum atomic E-state index is -0.626. The lowest BCUT2D eigenvalue weighted by molar-refractivity contribution is 0.0314. The van der Waals surface area contributed by atoms with Crippen LogP contribution in [0, 0.1) is 6.92 Å². The van der Waals surface area contributed by atoms with E-state index in [1.807, 2.05) is 32.0 Å². The molecule has 3 heterocycles. The summed E-state index contributed by atoms with van der Waals surface area (Å²) in [5.74, 6) is 0.907. The minimum Gasteiger partial charge on any atom is -0.493 e. The fourth-order valence-electron chi connectivity index (χ4n) is 4.92. The first-order chi connectivity index (χ1) is 17.4. The van der Waals surface area contributed by atoms with Crippen molar-refractivity contribution in [2.24, 2.45) is 0 Å². The smallest absolute Gasteiger partial charge is 0.290 e. The van der Waals surface area contributed by atoms with Crippen LogP contribution in [0.3, 0.4) is 0 Å². The molecule has 1 fully saturated rings. The topological polar surface area (TPSA) is 81.5 Å². The van der Waals surface area contributed by atoms with Gasteiger partial charge in [0, 0.05) is 31.2 Å². The van der Waals surface area contributed by atoms with Crippen LogP contribution in [-0.4, -0.2) is 68.8 Å². The number of benzene rings is 2. The molecule has 36 heavy (non-hydrogen) atoms. The molecule has 0 N–H and O–H groups in total. The summed E-state index contributed by atoms with van der Waals surface area (Å²) in [6.45, 7) is 8.24. The Morgan fingerprint density at radius 2 is 1.86 bits per heavy atom. The molecule has 1 unspecified atom stereocenters. The number of fused-ring (bicyclic) bond motifs is 2. The molecule has 1 amide bonds. The molecule has 5 rings (SSSR count). The van der Waals surface area contributed by atoms with E-state index in [0.717, 1.165) is 24.2 Å². The highest BCUT2D eigenvalue weighted by Gasteiger charge is 2.43. The van der Waals surface area contributed by atoms with Crippen molar-refractivity contribution in [2.45, 2.75) is 19.9 Å². The van der Waals surface area contributed by atoms with E-state index in [4.69, 9.17) is 30.2 Å². The van der Waals surface area contributed by atoms with Crippen LogP contribution in [0.25, 0.3) is 11.0 Å². The van der Waals surface area contributed by atoms with Gasteiger partial charge in [0.25, 0.3) is 5.91 Å². The first kappa shape index (κ1) is 24.6. The number of amides is 1. The first-order valence-electron chi connectivity index (χ1n) is 12.1. The van der Waals surface area contributed by atoms with Crippen molar-refractivity contribution in [1.82, 2.24) is 9.80 Å². The summed E-state index contributed by atoms with van der Waals surface area (Å²) in [5.41, 5.74) is 1.94. The Labute approximate surface area is 214 Å². The first-order valence-corrected chi connectivity index (χ1v) is 12.5. The summed E-state index contributed by atoms with van der Waals surface area (Å²) >= 11 is 6.34. The molecule has 1 saturated heterocycles. The number of aryl methyl sites for hydroxylation is 1. The van der Waals surface area contributed by atoms with E-state index in [2.05, 4.69) is 4.90 Å². The normalized spacial score (nSPS) is 18.1. The van der Waals surface area contributed by atoms with Crippen molar-refractivity contribution >= 4 is 28.5 Å². The summed E-state index contributed by atoms with van der Waals surface area (Å²) in [7, 11) is 1.57. The molecule has 0 bridgehead atoms. The molecule has 0 saturated carbocycles. The van der Waals surface area contributed by atoms with Crippen molar-refractivity contribution in [1.29, 1.82) is 0 Å². The molecule has 1 aromatic heterocycles. The largest absolute Gasteiger partial charge is 0.493 e. The van der Waals surface area contributed by atoms with Crippen molar-refractivity contribution in [3.8, 4) is 11.5 Å². The maximum absolute atomic E-state index is 13.8. The van der Waals surface area contributed by atoms with Crippen LogP contribution in [-0.2, 0) is 4.74 Å². The van der Waals surface area contributed by atoms with Gasteiger partial charge in [0.15, 0.2) is 16.9 Å². The highest BCUT2D eigenvalue weighted by atomic mass is 35.5. The van der Waals surface area contributed by atoms with Crippen LogP contribution in [0.5, 0.6) is 11.5 Å². The van der Waals surface area contributed by atoms with E-state index in [1.54, 1.807) is 24.1 Å². The summed E-state index contributed by atoms with van der Waals surface area (Å²) in [4.78, 5) is 31.5. The van der Waals surface area contributed by atoms with Gasteiger partial charge in [0.2, 0.25) is 5.76 Å². The predicted molar refractivity (Wildman–Crippen MR) is 137 cm³/mol. The lowest BCUT2D eigenvalue weighted by atomic mass is 9.97. The second-order valence-corrected chi connectivity index (χ2v) is 9.38. The third-order valence-corrected chi connectivity index (χ3v) is 7.22. The fraction of sp³-hybridized carbons (Fsp3) is 0.407. The minimum absolute atomic E-state index is 0.0778. The van der Waals surface area contributed by atoms with Gasteiger partial charge in [-0.1, -0.05) is 17.7 Å². The molecule has 2 aromatic carbocycles. The van der Waals surface area contributed by atoms with Gasteiger partial charge in [-0.25, -0.2) is 0 Å². The average molecular weight is 513 g/mol. The number of nitrogens with zero attached hydrogens (tertiary/aromatic N) is 2. The molecular weight excluding hydrogens is 484 g/mol. The third-order valence-electron chi connectivity index (χ3n) is 6.81. The van der Waals surface area contributed by atoms with Gasteiger partial charge in [-0.05, 0) is 49.2 Å². The van der Waals surface area contributed by atoms with Gasteiger partial charge in [-0.2, -0.15) is 0 Å². The highest BCUT2D eigenvalue weighted by Crippen LogP contribution is 2.41. The van der Waals surface area contributed by atoms with E-state index in [-0.39, 0.29) is 17.1 Å². The summed E-state index contributed by atoms with van der Waals surface area (Å²) in [6, 6.07) is 8.20. The van der Waals surface area contributed by atoms with E-state index < -0.39 is 6.04 Å². The molecule has 2 aliphatic rings. The average Bonchev–Trinajstić information content (AvgIpc) is 3.16. The molecule has 0 aliphatic carbocycles. The maximum atomic E-state index is 13.8. The van der Waals surface area contributed by atoms with Crippen molar-refractivity contribution < 1.29 is 23.4 Å². The zero-order chi connectivity index (χ0) is 25.4. The van der Waals surface area contributed by atoms with Gasteiger partial charge in [0.1, 0.15) is 5.58 Å². The van der Waals surface area contributed by atoms with Gasteiger partial charge in [-0.3, -0.25) is 14.5 Å². The molecule has 8 nitrogen and oxygen atoms in total. The second-order valence-electron chi connectivity index (χ2n) is 8.97. The molecule has 0 spiro atoms. The number of hydrogen-bond donors (Lipinski definition) is 0. The van der Waals surface area contributed by atoms with Crippen LogP contribution in [0.4, 0.5) is 0 Å². The Morgan fingerprint density at radius 1 is 1.08 bits per heavy atom. The van der Waals surface area contributed by atoms with E-state index >= 15 is 0 Å². The van der Waals surface area contributed by atoms with Crippen LogP contribution < -0.4 is 14.9 Å². The van der Waals surface area contributed by atoms with E-state index in [0.29, 0.717) is 66.0 Å². The maximum Gasteiger partial charge on any atom is 0.290 e. The number of methoxy groups -OCH3 is 1. The Bertz CT molecular complexity index is 1360. The predicted octanol–water partition coefficient (Wildman–Crippen LogP) is 4.04. The lowest BCUT2D eigenvalue weighted by Gasteiger charge is -2.31. The van der Waals surface area contributed by atoms with Crippen molar-refractivity contribution in [2.75, 3.05) is 53.1 Å². The van der Waals surface area contributed by atoms with Crippen LogP contribution >= 0.6 is 11.6 Å². The van der Waals surface area contributed by atoms with Gasteiger partial charge < -0.3 is 23.5 Å². The summed E-state index contributed by atoms with van der Waals surface area (Å²) in [6.07, 6.45) is 0. The van der Waals surface area contributed by atoms with Crippen LogP contribution in [0.2, 0.25) is 5.02 Å². The fourth-order valence-corrected chi connectivity index (χ4v) is 5.08. The Hall–Kier alpha value is -3.07. The van der Waals surface area contributed by atoms with Gasteiger partial charge in [0.05, 0.1) is 43.9 Å². The molecular formula is C27H29ClN2O6. The van der Waals surface area contributed by atoms with E-state index in [9.17, 15) is 9.59 Å². The zero-order valence-electron chi connectivity index (χ0n) is 20.6. The highest BCUT2D eigenvalue weighted by molar-refractivity contribution is 6.32. The Balaban J connectivity index is 1.63. The van der Waals surface area contributed by atoms with Crippen LogP contribution in [0.1, 0.15) is 40.2 Å². The number of halogens is 1. The molecule has 1 atom stereocenters. The van der Waals surface area contributed by atoms with Crippen LogP contribution in [0.15, 0.2) is 39.5 Å². The molecule has 0 radical (unpaired) electrons. The number of rotatable bonds is 7.